The number of rotatable bonds is 4. The first-order valence-corrected chi connectivity index (χ1v) is 8.29. The highest BCUT2D eigenvalue weighted by atomic mass is 19.4. The number of nitrogens with zero attached hydrogens (tertiary/aromatic N) is 2. The Kier molecular flexibility index (Phi) is 5.09. The van der Waals surface area contributed by atoms with E-state index >= 15 is 0 Å². The Morgan fingerprint density at radius 1 is 1.33 bits per heavy atom. The van der Waals surface area contributed by atoms with Crippen molar-refractivity contribution in [3.05, 3.63) is 11.8 Å². The number of halogens is 3. The highest BCUT2D eigenvalue weighted by molar-refractivity contribution is 5.94. The smallest absolute Gasteiger partial charge is 0.317 e. The van der Waals surface area contributed by atoms with Gasteiger partial charge in [0.1, 0.15) is 5.82 Å². The van der Waals surface area contributed by atoms with E-state index in [1.165, 1.54) is 4.90 Å². The largest absolute Gasteiger partial charge is 0.401 e. The number of likely N-dealkylation sites (tertiary alicyclic amines) is 1. The van der Waals surface area contributed by atoms with Crippen LogP contribution in [0.5, 0.6) is 0 Å². The van der Waals surface area contributed by atoms with Gasteiger partial charge < -0.3 is 10.6 Å². The summed E-state index contributed by atoms with van der Waals surface area (Å²) in [6.45, 7) is 1.06. The van der Waals surface area contributed by atoms with Crippen LogP contribution in [0.3, 0.4) is 0 Å². The molecule has 24 heavy (non-hydrogen) atoms. The first kappa shape index (κ1) is 17.2. The van der Waals surface area contributed by atoms with Gasteiger partial charge in [0.25, 0.3) is 0 Å². The Hall–Kier alpha value is -1.61. The lowest BCUT2D eigenvalue weighted by molar-refractivity contribution is -0.150. The Balaban J connectivity index is 1.65. The van der Waals surface area contributed by atoms with E-state index in [4.69, 9.17) is 0 Å². The minimum absolute atomic E-state index is 0.293. The summed E-state index contributed by atoms with van der Waals surface area (Å²) >= 11 is 0. The molecule has 6 nitrogen and oxygen atoms in total. The van der Waals surface area contributed by atoms with Gasteiger partial charge in [-0.15, -0.1) is 0 Å². The average molecular weight is 345 g/mol. The second kappa shape index (κ2) is 7.10. The van der Waals surface area contributed by atoms with Crippen LogP contribution in [0, 0.1) is 0 Å². The summed E-state index contributed by atoms with van der Waals surface area (Å²) in [6, 6.07) is -0.740. The number of carbonyl (C=O) groups excluding carboxylic acids is 1. The molecule has 9 heteroatoms. The van der Waals surface area contributed by atoms with Gasteiger partial charge in [-0.25, -0.2) is 0 Å². The van der Waals surface area contributed by atoms with E-state index < -0.39 is 24.7 Å². The van der Waals surface area contributed by atoms with Crippen molar-refractivity contribution in [2.75, 3.05) is 31.5 Å². The van der Waals surface area contributed by atoms with E-state index in [1.807, 2.05) is 0 Å². The summed E-state index contributed by atoms with van der Waals surface area (Å²) in [6.07, 6.45) is 0.347. The average Bonchev–Trinajstić information content (AvgIpc) is 3.15. The van der Waals surface area contributed by atoms with Gasteiger partial charge >= 0.3 is 6.18 Å². The standard InChI is InChI=1S/C15H22F3N5O/c16-15(17,18)9-23-7-1-2-12(23)14(24)21-13-11(8-20-22-13)10-3-5-19-6-4-10/h8,10,12,19H,1-7,9H2,(H2,20,21,22,24)/t12-/m0/s1. The number of hydrogen-bond donors (Lipinski definition) is 3. The molecule has 0 radical (unpaired) electrons. The molecule has 0 bridgehead atoms. The fourth-order valence-electron chi connectivity index (χ4n) is 3.59. The molecule has 1 amide bonds. The van der Waals surface area contributed by atoms with Crippen LogP contribution in [-0.2, 0) is 4.79 Å². The molecule has 2 saturated heterocycles. The van der Waals surface area contributed by atoms with E-state index in [-0.39, 0.29) is 0 Å². The summed E-state index contributed by atoms with van der Waals surface area (Å²) in [7, 11) is 0. The van der Waals surface area contributed by atoms with Gasteiger partial charge in [0, 0.05) is 5.56 Å². The third kappa shape index (κ3) is 4.07. The molecule has 3 rings (SSSR count). The molecule has 0 unspecified atom stereocenters. The van der Waals surface area contributed by atoms with Crippen LogP contribution >= 0.6 is 0 Å². The number of anilines is 1. The SMILES string of the molecule is O=C(Nc1[nH]ncc1C1CCNCC1)[C@@H]1CCCN1CC(F)(F)F. The van der Waals surface area contributed by atoms with Gasteiger partial charge in [-0.1, -0.05) is 0 Å². The third-order valence-electron chi connectivity index (χ3n) is 4.74. The maximum absolute atomic E-state index is 12.6. The van der Waals surface area contributed by atoms with Crippen molar-refractivity contribution in [1.29, 1.82) is 0 Å². The van der Waals surface area contributed by atoms with Gasteiger partial charge in [-0.2, -0.15) is 18.3 Å². The van der Waals surface area contributed by atoms with Crippen LogP contribution in [0.15, 0.2) is 6.20 Å². The minimum Gasteiger partial charge on any atom is -0.317 e. The number of alkyl halides is 3. The van der Waals surface area contributed by atoms with E-state index in [1.54, 1.807) is 6.20 Å². The van der Waals surface area contributed by atoms with Crippen molar-refractivity contribution in [2.45, 2.75) is 43.8 Å². The van der Waals surface area contributed by atoms with Gasteiger partial charge in [0.05, 0.1) is 18.8 Å². The third-order valence-corrected chi connectivity index (χ3v) is 4.74. The number of amides is 1. The summed E-state index contributed by atoms with van der Waals surface area (Å²) in [5.74, 6) is 0.428. The monoisotopic (exact) mass is 345 g/mol. The predicted octanol–water partition coefficient (Wildman–Crippen LogP) is 1.84. The van der Waals surface area contributed by atoms with Crippen molar-refractivity contribution in [1.82, 2.24) is 20.4 Å². The van der Waals surface area contributed by atoms with Crippen LogP contribution in [0.2, 0.25) is 0 Å². The zero-order valence-electron chi connectivity index (χ0n) is 13.3. The van der Waals surface area contributed by atoms with E-state index in [2.05, 4.69) is 20.8 Å². The molecule has 0 saturated carbocycles. The number of H-pyrrole nitrogens is 1. The summed E-state index contributed by atoms with van der Waals surface area (Å²) in [5, 5.41) is 12.8. The second-order valence-corrected chi connectivity index (χ2v) is 6.46. The fourth-order valence-corrected chi connectivity index (χ4v) is 3.59. The second-order valence-electron chi connectivity index (χ2n) is 6.46. The van der Waals surface area contributed by atoms with Crippen LogP contribution in [0.25, 0.3) is 0 Å². The topological polar surface area (TPSA) is 73.0 Å². The van der Waals surface area contributed by atoms with Crippen LogP contribution < -0.4 is 10.6 Å². The van der Waals surface area contributed by atoms with Crippen molar-refractivity contribution >= 4 is 11.7 Å². The van der Waals surface area contributed by atoms with Gasteiger partial charge in [-0.05, 0) is 51.2 Å². The molecular weight excluding hydrogens is 323 g/mol. The van der Waals surface area contributed by atoms with E-state index in [0.29, 0.717) is 31.1 Å². The number of nitrogens with one attached hydrogen (secondary N) is 3. The Morgan fingerprint density at radius 3 is 2.79 bits per heavy atom. The zero-order valence-corrected chi connectivity index (χ0v) is 13.3. The Labute approximate surface area is 138 Å². The first-order chi connectivity index (χ1) is 11.4. The number of carbonyl (C=O) groups is 1. The lowest BCUT2D eigenvalue weighted by atomic mass is 9.92. The van der Waals surface area contributed by atoms with Crippen molar-refractivity contribution in [2.24, 2.45) is 0 Å². The van der Waals surface area contributed by atoms with Crippen molar-refractivity contribution in [3.8, 4) is 0 Å². The predicted molar refractivity (Wildman–Crippen MR) is 82.7 cm³/mol. The number of aromatic nitrogens is 2. The number of aromatic amines is 1. The molecule has 2 aliphatic rings. The molecule has 134 valence electrons. The molecule has 0 spiro atoms. The zero-order chi connectivity index (χ0) is 17.2. The van der Waals surface area contributed by atoms with Crippen LogP contribution in [0.1, 0.15) is 37.2 Å². The normalized spacial score (nSPS) is 23.5. The molecule has 3 heterocycles. The number of piperidine rings is 1. The highest BCUT2D eigenvalue weighted by Gasteiger charge is 2.39. The molecular formula is C15H22F3N5O. The fraction of sp³-hybridized carbons (Fsp3) is 0.733. The maximum atomic E-state index is 12.6. The molecule has 3 N–H and O–H groups in total. The molecule has 1 atom stereocenters. The molecule has 1 aromatic rings. The highest BCUT2D eigenvalue weighted by Crippen LogP contribution is 2.30. The first-order valence-electron chi connectivity index (χ1n) is 8.29. The van der Waals surface area contributed by atoms with E-state index in [9.17, 15) is 18.0 Å². The Morgan fingerprint density at radius 2 is 2.08 bits per heavy atom. The Bertz CT molecular complexity index is 568. The van der Waals surface area contributed by atoms with Crippen molar-refractivity contribution < 1.29 is 18.0 Å². The molecule has 2 fully saturated rings. The van der Waals surface area contributed by atoms with Gasteiger partial charge in [0.2, 0.25) is 5.91 Å². The number of hydrogen-bond acceptors (Lipinski definition) is 4. The van der Waals surface area contributed by atoms with Crippen LogP contribution in [-0.4, -0.2) is 59.4 Å². The summed E-state index contributed by atoms with van der Waals surface area (Å²) in [4.78, 5) is 13.7. The van der Waals surface area contributed by atoms with Gasteiger partial charge in [0.15, 0.2) is 0 Å². The quantitative estimate of drug-likeness (QED) is 0.779. The minimum atomic E-state index is -4.29. The molecule has 1 aromatic heterocycles. The lowest BCUT2D eigenvalue weighted by Gasteiger charge is -2.25. The van der Waals surface area contributed by atoms with Crippen LogP contribution in [0.4, 0.5) is 19.0 Å². The molecule has 0 aromatic carbocycles. The van der Waals surface area contributed by atoms with Gasteiger partial charge in [-0.3, -0.25) is 14.8 Å². The van der Waals surface area contributed by atoms with E-state index in [0.717, 1.165) is 31.5 Å². The van der Waals surface area contributed by atoms with Crippen molar-refractivity contribution in [3.63, 3.8) is 0 Å². The summed E-state index contributed by atoms with van der Waals surface area (Å²) < 4.78 is 37.9. The maximum Gasteiger partial charge on any atom is 0.401 e. The lowest BCUT2D eigenvalue weighted by Crippen LogP contribution is -2.44. The molecule has 0 aliphatic carbocycles. The molecule has 2 aliphatic heterocycles. The summed E-state index contributed by atoms with van der Waals surface area (Å²) in [5.41, 5.74) is 0.935.